The number of rotatable bonds is 6. The Morgan fingerprint density at radius 2 is 2.08 bits per heavy atom. The second-order valence-corrected chi connectivity index (χ2v) is 6.72. The fourth-order valence-corrected chi connectivity index (χ4v) is 2.58. The average molecular weight is 416 g/mol. The number of halogens is 1. The highest BCUT2D eigenvalue weighted by molar-refractivity contribution is 9.10. The number of nitrogens with zero attached hydrogens (tertiary/aromatic N) is 4. The van der Waals surface area contributed by atoms with Crippen LogP contribution in [0.1, 0.15) is 21.9 Å². The SMILES string of the molecule is CN(C)c1ccc(/C=N\NC(=O)c2ccc(Cn3cc(Br)cn3)o2)cc1. The fourth-order valence-electron chi connectivity index (χ4n) is 2.25. The Morgan fingerprint density at radius 3 is 2.73 bits per heavy atom. The maximum atomic E-state index is 12.1. The van der Waals surface area contributed by atoms with Crippen LogP contribution in [0, 0.1) is 0 Å². The standard InChI is InChI=1S/C18H18BrN5O2/c1-23(2)15-5-3-13(4-6-15)9-20-22-18(25)17-8-7-16(26-17)12-24-11-14(19)10-21-24/h3-11H,12H2,1-2H3,(H,22,25)/b20-9-. The predicted molar refractivity (Wildman–Crippen MR) is 104 cm³/mol. The zero-order valence-corrected chi connectivity index (χ0v) is 16.0. The van der Waals surface area contributed by atoms with Gasteiger partial charge >= 0.3 is 5.91 Å². The number of amides is 1. The van der Waals surface area contributed by atoms with Crippen molar-refractivity contribution in [3.63, 3.8) is 0 Å². The topological polar surface area (TPSA) is 75.7 Å². The van der Waals surface area contributed by atoms with Crippen LogP contribution in [0.25, 0.3) is 0 Å². The molecule has 3 rings (SSSR count). The number of aromatic nitrogens is 2. The van der Waals surface area contributed by atoms with Crippen molar-refractivity contribution in [1.82, 2.24) is 15.2 Å². The van der Waals surface area contributed by atoms with Crippen molar-refractivity contribution in [2.75, 3.05) is 19.0 Å². The molecule has 7 nitrogen and oxygen atoms in total. The molecular formula is C18H18BrN5O2. The lowest BCUT2D eigenvalue weighted by molar-refractivity contribution is 0.0925. The monoisotopic (exact) mass is 415 g/mol. The van der Waals surface area contributed by atoms with Crippen LogP contribution in [-0.2, 0) is 6.54 Å². The number of furan rings is 1. The molecule has 1 amide bonds. The van der Waals surface area contributed by atoms with E-state index >= 15 is 0 Å². The van der Waals surface area contributed by atoms with Crippen LogP contribution in [0.3, 0.4) is 0 Å². The third-order valence-corrected chi connectivity index (χ3v) is 4.00. The van der Waals surface area contributed by atoms with Crippen LogP contribution in [0.5, 0.6) is 0 Å². The Morgan fingerprint density at radius 1 is 1.31 bits per heavy atom. The highest BCUT2D eigenvalue weighted by Crippen LogP contribution is 2.13. The summed E-state index contributed by atoms with van der Waals surface area (Å²) in [5.74, 6) is 0.430. The summed E-state index contributed by atoms with van der Waals surface area (Å²) in [5, 5.41) is 8.12. The summed E-state index contributed by atoms with van der Waals surface area (Å²) >= 11 is 3.34. The van der Waals surface area contributed by atoms with E-state index in [1.807, 2.05) is 49.5 Å². The Bertz CT molecular complexity index is 912. The second-order valence-electron chi connectivity index (χ2n) is 5.81. The summed E-state index contributed by atoms with van der Waals surface area (Å²) in [7, 11) is 3.96. The first kappa shape index (κ1) is 17.9. The van der Waals surface area contributed by atoms with Gasteiger partial charge in [0.2, 0.25) is 0 Å². The molecule has 0 atom stereocenters. The van der Waals surface area contributed by atoms with Gasteiger partial charge in [0.05, 0.1) is 23.4 Å². The van der Waals surface area contributed by atoms with Gasteiger partial charge in [0.25, 0.3) is 0 Å². The summed E-state index contributed by atoms with van der Waals surface area (Å²) in [6.07, 6.45) is 5.10. The van der Waals surface area contributed by atoms with E-state index in [2.05, 4.69) is 31.6 Å². The van der Waals surface area contributed by atoms with Gasteiger partial charge in [-0.25, -0.2) is 5.43 Å². The third-order valence-electron chi connectivity index (χ3n) is 3.59. The Hall–Kier alpha value is -2.87. The first-order valence-electron chi connectivity index (χ1n) is 7.89. The number of hydrogen-bond acceptors (Lipinski definition) is 5. The molecule has 2 heterocycles. The molecule has 134 valence electrons. The first-order chi connectivity index (χ1) is 12.5. The number of hydrogen-bond donors (Lipinski definition) is 1. The molecule has 0 unspecified atom stereocenters. The third kappa shape index (κ3) is 4.60. The van der Waals surface area contributed by atoms with Crippen molar-refractivity contribution in [2.45, 2.75) is 6.54 Å². The predicted octanol–water partition coefficient (Wildman–Crippen LogP) is 3.12. The highest BCUT2D eigenvalue weighted by atomic mass is 79.9. The molecule has 1 aromatic carbocycles. The zero-order valence-electron chi connectivity index (χ0n) is 14.4. The molecule has 8 heteroatoms. The van der Waals surface area contributed by atoms with Crippen LogP contribution in [-0.4, -0.2) is 36.0 Å². The van der Waals surface area contributed by atoms with Gasteiger partial charge in [-0.15, -0.1) is 0 Å². The molecule has 0 bridgehead atoms. The highest BCUT2D eigenvalue weighted by Gasteiger charge is 2.11. The molecule has 0 aliphatic heterocycles. The van der Waals surface area contributed by atoms with E-state index in [9.17, 15) is 4.79 Å². The van der Waals surface area contributed by atoms with Crippen molar-refractivity contribution < 1.29 is 9.21 Å². The van der Waals surface area contributed by atoms with E-state index in [-0.39, 0.29) is 5.76 Å². The lowest BCUT2D eigenvalue weighted by atomic mass is 10.2. The number of nitrogens with one attached hydrogen (secondary N) is 1. The van der Waals surface area contributed by atoms with E-state index < -0.39 is 5.91 Å². The summed E-state index contributed by atoms with van der Waals surface area (Å²) in [6.45, 7) is 0.445. The molecule has 0 aliphatic carbocycles. The van der Waals surface area contributed by atoms with Crippen LogP contribution < -0.4 is 10.3 Å². The number of carbonyl (C=O) groups is 1. The van der Waals surface area contributed by atoms with Gasteiger partial charge in [-0.2, -0.15) is 10.2 Å². The van der Waals surface area contributed by atoms with Crippen molar-refractivity contribution in [1.29, 1.82) is 0 Å². The summed E-state index contributed by atoms with van der Waals surface area (Å²) in [6, 6.07) is 11.2. The Balaban J connectivity index is 1.56. The van der Waals surface area contributed by atoms with Crippen molar-refractivity contribution in [3.05, 3.63) is 70.3 Å². The number of hydrazone groups is 1. The minimum absolute atomic E-state index is 0.200. The number of anilines is 1. The van der Waals surface area contributed by atoms with Crippen LogP contribution in [0.4, 0.5) is 5.69 Å². The molecule has 0 saturated carbocycles. The molecule has 0 fully saturated rings. The quantitative estimate of drug-likeness (QED) is 0.495. The molecule has 0 aliphatic rings. The van der Waals surface area contributed by atoms with Gasteiger partial charge in [-0.3, -0.25) is 9.48 Å². The lowest BCUT2D eigenvalue weighted by Gasteiger charge is -2.11. The van der Waals surface area contributed by atoms with E-state index in [1.54, 1.807) is 29.2 Å². The molecule has 0 spiro atoms. The largest absolute Gasteiger partial charge is 0.454 e. The minimum Gasteiger partial charge on any atom is -0.454 e. The molecule has 26 heavy (non-hydrogen) atoms. The van der Waals surface area contributed by atoms with Gasteiger partial charge in [0, 0.05) is 26.0 Å². The molecule has 0 saturated heterocycles. The van der Waals surface area contributed by atoms with Gasteiger partial charge < -0.3 is 9.32 Å². The van der Waals surface area contributed by atoms with E-state index in [4.69, 9.17) is 4.42 Å². The van der Waals surface area contributed by atoms with Crippen LogP contribution >= 0.6 is 15.9 Å². The van der Waals surface area contributed by atoms with Gasteiger partial charge in [-0.05, 0) is 45.8 Å². The van der Waals surface area contributed by atoms with Gasteiger partial charge in [0.1, 0.15) is 5.76 Å². The van der Waals surface area contributed by atoms with Crippen molar-refractivity contribution in [3.8, 4) is 0 Å². The maximum absolute atomic E-state index is 12.1. The molecule has 1 N–H and O–H groups in total. The van der Waals surface area contributed by atoms with E-state index in [0.29, 0.717) is 12.3 Å². The van der Waals surface area contributed by atoms with E-state index in [0.717, 1.165) is 15.7 Å². The van der Waals surface area contributed by atoms with Gasteiger partial charge in [0.15, 0.2) is 5.76 Å². The number of benzene rings is 1. The van der Waals surface area contributed by atoms with Crippen LogP contribution in [0.15, 0.2) is 62.8 Å². The second kappa shape index (κ2) is 8.01. The summed E-state index contributed by atoms with van der Waals surface area (Å²) < 4.78 is 8.13. The van der Waals surface area contributed by atoms with Crippen molar-refractivity contribution in [2.24, 2.45) is 5.10 Å². The maximum Gasteiger partial charge on any atom is 0.307 e. The van der Waals surface area contributed by atoms with Crippen molar-refractivity contribution >= 4 is 33.7 Å². The Labute approximate surface area is 159 Å². The summed E-state index contributed by atoms with van der Waals surface area (Å²) in [4.78, 5) is 14.1. The lowest BCUT2D eigenvalue weighted by Crippen LogP contribution is -2.16. The fraction of sp³-hybridized carbons (Fsp3) is 0.167. The normalized spacial score (nSPS) is 11.0. The molecular weight excluding hydrogens is 398 g/mol. The smallest absolute Gasteiger partial charge is 0.307 e. The molecule has 0 radical (unpaired) electrons. The first-order valence-corrected chi connectivity index (χ1v) is 8.68. The van der Waals surface area contributed by atoms with Crippen LogP contribution in [0.2, 0.25) is 0 Å². The molecule has 2 aromatic heterocycles. The average Bonchev–Trinajstić information content (AvgIpc) is 3.25. The number of carbonyl (C=O) groups excluding carboxylic acids is 1. The van der Waals surface area contributed by atoms with Gasteiger partial charge in [-0.1, -0.05) is 12.1 Å². The zero-order chi connectivity index (χ0) is 18.5. The van der Waals surface area contributed by atoms with E-state index in [1.165, 1.54) is 0 Å². The molecule has 3 aromatic rings. The summed E-state index contributed by atoms with van der Waals surface area (Å²) in [5.41, 5.74) is 4.45. The Kier molecular flexibility index (Phi) is 5.52. The minimum atomic E-state index is -0.404.